The van der Waals surface area contributed by atoms with Gasteiger partial charge >= 0.3 is 0 Å². The van der Waals surface area contributed by atoms with Crippen molar-refractivity contribution < 1.29 is 0 Å². The third-order valence-electron chi connectivity index (χ3n) is 2.16. The van der Waals surface area contributed by atoms with Crippen LogP contribution in [0.1, 0.15) is 32.1 Å². The van der Waals surface area contributed by atoms with Gasteiger partial charge in [0, 0.05) is 12.6 Å². The highest BCUT2D eigenvalue weighted by molar-refractivity contribution is 4.77. The zero-order valence-electron chi connectivity index (χ0n) is 6.60. The van der Waals surface area contributed by atoms with Gasteiger partial charge in [-0.3, -0.25) is 0 Å². The van der Waals surface area contributed by atoms with Gasteiger partial charge in [-0.25, -0.2) is 0 Å². The van der Waals surface area contributed by atoms with Crippen molar-refractivity contribution in [1.82, 2.24) is 5.32 Å². The lowest BCUT2D eigenvalue weighted by molar-refractivity contribution is 0.385. The molecule has 1 saturated carbocycles. The van der Waals surface area contributed by atoms with Crippen LogP contribution in [0.3, 0.4) is 0 Å². The highest BCUT2D eigenvalue weighted by atomic mass is 14.9. The number of rotatable bonds is 3. The molecule has 0 heterocycles. The monoisotopic (exact) mass is 139 g/mol. The van der Waals surface area contributed by atoms with Crippen LogP contribution >= 0.6 is 0 Å². The molecule has 0 aromatic heterocycles. The minimum absolute atomic E-state index is 0.784. The minimum atomic E-state index is 0.784. The van der Waals surface area contributed by atoms with Crippen molar-refractivity contribution in [2.45, 2.75) is 38.1 Å². The summed E-state index contributed by atoms with van der Waals surface area (Å²) in [6.45, 7) is 4.66. The summed E-state index contributed by atoms with van der Waals surface area (Å²) in [5, 5.41) is 3.45. The van der Waals surface area contributed by atoms with E-state index in [2.05, 4.69) is 11.9 Å². The van der Waals surface area contributed by atoms with Crippen LogP contribution in [-0.4, -0.2) is 12.6 Å². The van der Waals surface area contributed by atoms with Crippen LogP contribution in [0, 0.1) is 0 Å². The van der Waals surface area contributed by atoms with E-state index in [9.17, 15) is 0 Å². The van der Waals surface area contributed by atoms with E-state index in [4.69, 9.17) is 0 Å². The zero-order valence-corrected chi connectivity index (χ0v) is 6.60. The smallest absolute Gasteiger partial charge is 0.0134 e. The first-order chi connectivity index (χ1) is 4.93. The van der Waals surface area contributed by atoms with Gasteiger partial charge in [0.25, 0.3) is 0 Å². The maximum atomic E-state index is 3.68. The zero-order chi connectivity index (χ0) is 7.23. The second-order valence-corrected chi connectivity index (χ2v) is 3.03. The molecule has 1 aliphatic carbocycles. The van der Waals surface area contributed by atoms with Gasteiger partial charge in [0.15, 0.2) is 0 Å². The lowest BCUT2D eigenvalue weighted by atomic mass is 9.96. The molecule has 0 spiro atoms. The Hall–Kier alpha value is -0.300. The Balaban J connectivity index is 2.07. The van der Waals surface area contributed by atoms with Crippen LogP contribution < -0.4 is 5.32 Å². The van der Waals surface area contributed by atoms with Crippen LogP contribution in [0.25, 0.3) is 0 Å². The molecule has 0 aromatic carbocycles. The van der Waals surface area contributed by atoms with E-state index in [1.54, 1.807) is 0 Å². The number of hydrogen-bond acceptors (Lipinski definition) is 1. The van der Waals surface area contributed by atoms with E-state index < -0.39 is 0 Å². The molecule has 0 saturated heterocycles. The standard InChI is InChI=1S/C9H17N/c1-2-8-10-9-6-4-3-5-7-9/h2,9-10H,1,3-8H2. The molecule has 0 atom stereocenters. The summed E-state index contributed by atoms with van der Waals surface area (Å²) in [6, 6.07) is 0.784. The predicted octanol–water partition coefficient (Wildman–Crippen LogP) is 2.09. The van der Waals surface area contributed by atoms with Crippen LogP contribution in [-0.2, 0) is 0 Å². The first-order valence-corrected chi connectivity index (χ1v) is 4.28. The van der Waals surface area contributed by atoms with Crippen molar-refractivity contribution in [3.05, 3.63) is 12.7 Å². The minimum Gasteiger partial charge on any atom is -0.311 e. The lowest BCUT2D eigenvalue weighted by Crippen LogP contribution is -2.30. The first-order valence-electron chi connectivity index (χ1n) is 4.28. The molecule has 0 unspecified atom stereocenters. The van der Waals surface area contributed by atoms with Gasteiger partial charge in [0.05, 0.1) is 0 Å². The van der Waals surface area contributed by atoms with Gasteiger partial charge in [-0.2, -0.15) is 0 Å². The van der Waals surface area contributed by atoms with Crippen LogP contribution in [0.4, 0.5) is 0 Å². The summed E-state index contributed by atoms with van der Waals surface area (Å²) >= 11 is 0. The molecule has 1 aliphatic rings. The molecule has 10 heavy (non-hydrogen) atoms. The van der Waals surface area contributed by atoms with Crippen LogP contribution in [0.2, 0.25) is 0 Å². The van der Waals surface area contributed by atoms with Gasteiger partial charge in [-0.15, -0.1) is 6.58 Å². The van der Waals surface area contributed by atoms with Gasteiger partial charge in [-0.1, -0.05) is 25.3 Å². The first kappa shape index (κ1) is 7.80. The largest absolute Gasteiger partial charge is 0.311 e. The molecule has 1 fully saturated rings. The molecule has 1 N–H and O–H groups in total. The van der Waals surface area contributed by atoms with Crippen molar-refractivity contribution >= 4 is 0 Å². The normalized spacial score (nSPS) is 20.8. The molecular formula is C9H17N. The van der Waals surface area contributed by atoms with E-state index in [0.29, 0.717) is 0 Å². The van der Waals surface area contributed by atoms with Gasteiger partial charge in [0.1, 0.15) is 0 Å². The molecule has 0 bridgehead atoms. The van der Waals surface area contributed by atoms with Gasteiger partial charge in [-0.05, 0) is 12.8 Å². The predicted molar refractivity (Wildman–Crippen MR) is 45.1 cm³/mol. The van der Waals surface area contributed by atoms with E-state index in [1.807, 2.05) is 6.08 Å². The second-order valence-electron chi connectivity index (χ2n) is 3.03. The Morgan fingerprint density at radius 2 is 2.00 bits per heavy atom. The van der Waals surface area contributed by atoms with E-state index in [1.165, 1.54) is 32.1 Å². The van der Waals surface area contributed by atoms with E-state index >= 15 is 0 Å². The number of hydrogen-bond donors (Lipinski definition) is 1. The second kappa shape index (κ2) is 4.51. The maximum Gasteiger partial charge on any atom is 0.0134 e. The van der Waals surface area contributed by atoms with Crippen LogP contribution in [0.5, 0.6) is 0 Å². The van der Waals surface area contributed by atoms with Gasteiger partial charge in [0.2, 0.25) is 0 Å². The Morgan fingerprint density at radius 1 is 1.30 bits per heavy atom. The average molecular weight is 139 g/mol. The molecule has 0 aliphatic heterocycles. The van der Waals surface area contributed by atoms with Crippen molar-refractivity contribution in [1.29, 1.82) is 0 Å². The van der Waals surface area contributed by atoms with Crippen molar-refractivity contribution in [3.63, 3.8) is 0 Å². The summed E-state index contributed by atoms with van der Waals surface area (Å²) in [4.78, 5) is 0. The number of nitrogens with one attached hydrogen (secondary N) is 1. The van der Waals surface area contributed by atoms with Gasteiger partial charge < -0.3 is 5.32 Å². The summed E-state index contributed by atoms with van der Waals surface area (Å²) in [7, 11) is 0. The Morgan fingerprint density at radius 3 is 2.60 bits per heavy atom. The summed E-state index contributed by atoms with van der Waals surface area (Å²) in [6.07, 6.45) is 8.94. The molecule has 1 rings (SSSR count). The summed E-state index contributed by atoms with van der Waals surface area (Å²) in [5.41, 5.74) is 0. The molecule has 0 amide bonds. The quantitative estimate of drug-likeness (QED) is 0.590. The van der Waals surface area contributed by atoms with E-state index in [-0.39, 0.29) is 0 Å². The average Bonchev–Trinajstić information content (AvgIpc) is 2.03. The van der Waals surface area contributed by atoms with Crippen molar-refractivity contribution in [3.8, 4) is 0 Å². The highest BCUT2D eigenvalue weighted by Crippen LogP contribution is 2.16. The Labute approximate surface area is 63.5 Å². The van der Waals surface area contributed by atoms with Crippen LogP contribution in [0.15, 0.2) is 12.7 Å². The molecule has 0 radical (unpaired) electrons. The summed E-state index contributed by atoms with van der Waals surface area (Å²) in [5.74, 6) is 0. The molecule has 58 valence electrons. The molecule has 0 aromatic rings. The van der Waals surface area contributed by atoms with Crippen molar-refractivity contribution in [2.24, 2.45) is 0 Å². The van der Waals surface area contributed by atoms with E-state index in [0.717, 1.165) is 12.6 Å². The molecule has 1 nitrogen and oxygen atoms in total. The molecule has 1 heteroatoms. The maximum absolute atomic E-state index is 3.68. The Bertz CT molecular complexity index is 92.9. The fourth-order valence-corrected chi connectivity index (χ4v) is 1.56. The lowest BCUT2D eigenvalue weighted by Gasteiger charge is -2.21. The third-order valence-corrected chi connectivity index (χ3v) is 2.16. The third kappa shape index (κ3) is 2.53. The Kier molecular flexibility index (Phi) is 3.52. The highest BCUT2D eigenvalue weighted by Gasteiger charge is 2.10. The fraction of sp³-hybridized carbons (Fsp3) is 0.778. The fourth-order valence-electron chi connectivity index (χ4n) is 1.56. The van der Waals surface area contributed by atoms with Crippen molar-refractivity contribution in [2.75, 3.05) is 6.54 Å². The SMILES string of the molecule is C=CCNC1CCCCC1. The molecular weight excluding hydrogens is 122 g/mol. The summed E-state index contributed by atoms with van der Waals surface area (Å²) < 4.78 is 0. The topological polar surface area (TPSA) is 12.0 Å².